The van der Waals surface area contributed by atoms with Crippen molar-refractivity contribution in [2.75, 3.05) is 6.61 Å². The molecule has 0 radical (unpaired) electrons. The van der Waals surface area contributed by atoms with E-state index in [1.807, 2.05) is 0 Å². The lowest BCUT2D eigenvalue weighted by Gasteiger charge is -2.62. The third kappa shape index (κ3) is 3.43. The van der Waals surface area contributed by atoms with E-state index in [0.717, 1.165) is 70.6 Å². The maximum Gasteiger partial charge on any atom is 0.303 e. The zero-order valence-corrected chi connectivity index (χ0v) is 18.5. The van der Waals surface area contributed by atoms with Gasteiger partial charge in [-0.25, -0.2) is 0 Å². The minimum Gasteiger partial charge on any atom is -0.459 e. The molecule has 7 unspecified atom stereocenters. The van der Waals surface area contributed by atoms with Crippen molar-refractivity contribution in [3.63, 3.8) is 0 Å². The van der Waals surface area contributed by atoms with Crippen molar-refractivity contribution in [2.45, 2.75) is 110 Å². The molecule has 28 heavy (non-hydrogen) atoms. The summed E-state index contributed by atoms with van der Waals surface area (Å²) < 4.78 is 6.23. The second kappa shape index (κ2) is 8.26. The van der Waals surface area contributed by atoms with Crippen LogP contribution in [0.15, 0.2) is 0 Å². The topological polar surface area (TPSA) is 66.8 Å². The Morgan fingerprint density at radius 1 is 1.04 bits per heavy atom. The highest BCUT2D eigenvalue weighted by Gasteiger charge is 2.64. The molecular weight excluding hydrogens is 352 g/mol. The van der Waals surface area contributed by atoms with E-state index in [-0.39, 0.29) is 29.5 Å². The van der Waals surface area contributed by atoms with Gasteiger partial charge in [0, 0.05) is 18.9 Å². The van der Waals surface area contributed by atoms with Crippen LogP contribution in [-0.2, 0) is 9.53 Å². The second-order valence-electron chi connectivity index (χ2n) is 10.5. The Bertz CT molecular complexity index is 563. The highest BCUT2D eigenvalue weighted by atomic mass is 16.6. The van der Waals surface area contributed by atoms with Crippen LogP contribution in [0.2, 0.25) is 0 Å². The van der Waals surface area contributed by atoms with E-state index >= 15 is 0 Å². The summed E-state index contributed by atoms with van der Waals surface area (Å²) in [4.78, 5) is 12.2. The van der Waals surface area contributed by atoms with Gasteiger partial charge in [0.2, 0.25) is 0 Å². The van der Waals surface area contributed by atoms with Crippen molar-refractivity contribution in [3.05, 3.63) is 0 Å². The second-order valence-corrected chi connectivity index (χ2v) is 10.5. The third-order valence-corrected chi connectivity index (χ3v) is 9.26. The number of hydrogen-bond acceptors (Lipinski definition) is 4. The molecule has 3 aliphatic carbocycles. The van der Waals surface area contributed by atoms with Crippen LogP contribution in [-0.4, -0.2) is 34.5 Å². The lowest BCUT2D eigenvalue weighted by Crippen LogP contribution is -2.61. The van der Waals surface area contributed by atoms with Gasteiger partial charge in [-0.3, -0.25) is 4.79 Å². The van der Waals surface area contributed by atoms with Gasteiger partial charge in [-0.15, -0.1) is 0 Å². The molecule has 0 spiro atoms. The number of hydrogen-bond donors (Lipinski definition) is 2. The van der Waals surface area contributed by atoms with Gasteiger partial charge in [0.1, 0.15) is 5.60 Å². The zero-order chi connectivity index (χ0) is 20.6. The van der Waals surface area contributed by atoms with E-state index in [9.17, 15) is 15.0 Å². The van der Waals surface area contributed by atoms with Crippen molar-refractivity contribution in [3.8, 4) is 0 Å². The summed E-state index contributed by atoms with van der Waals surface area (Å²) in [6, 6.07) is 0. The summed E-state index contributed by atoms with van der Waals surface area (Å²) in [5.41, 5.74) is -0.450. The molecule has 0 bridgehead atoms. The molecule has 162 valence electrons. The summed E-state index contributed by atoms with van der Waals surface area (Å²) in [7, 11) is 0. The van der Waals surface area contributed by atoms with Gasteiger partial charge in [0.25, 0.3) is 0 Å². The quantitative estimate of drug-likeness (QED) is 0.606. The van der Waals surface area contributed by atoms with E-state index in [4.69, 9.17) is 4.74 Å². The number of rotatable bonds is 7. The van der Waals surface area contributed by atoms with Crippen molar-refractivity contribution in [1.82, 2.24) is 0 Å². The smallest absolute Gasteiger partial charge is 0.303 e. The molecular formula is C24H42O4. The number of fused-ring (bicyclic) bond motifs is 3. The number of ether oxygens (including phenoxy) is 1. The van der Waals surface area contributed by atoms with E-state index in [2.05, 4.69) is 20.8 Å². The number of carbonyl (C=O) groups excluding carboxylic acids is 1. The molecule has 2 N–H and O–H groups in total. The maximum absolute atomic E-state index is 12.2. The number of carbonyl (C=O) groups is 1. The zero-order valence-electron chi connectivity index (χ0n) is 18.5. The van der Waals surface area contributed by atoms with Crippen LogP contribution >= 0.6 is 0 Å². The average Bonchev–Trinajstić information content (AvgIpc) is 2.96. The standard InChI is InChI=1S/C24H42O4/c1-5-6-13-24(28-17(2)26)15-10-18-19-8-9-21(27)22(19,3)14-11-20(18)23(24,4)12-7-16-25/h18-21,25,27H,5-16H2,1-4H3. The first-order valence-electron chi connectivity index (χ1n) is 11.7. The fourth-order valence-corrected chi connectivity index (χ4v) is 7.70. The van der Waals surface area contributed by atoms with Gasteiger partial charge in [0.05, 0.1) is 6.10 Å². The summed E-state index contributed by atoms with van der Waals surface area (Å²) in [6.07, 6.45) is 10.9. The minimum absolute atomic E-state index is 0.0594. The first kappa shape index (κ1) is 22.1. The number of unbranched alkanes of at least 4 members (excludes halogenated alkanes) is 1. The highest BCUT2D eigenvalue weighted by Crippen LogP contribution is 2.67. The normalized spacial score (nSPS) is 45.4. The third-order valence-electron chi connectivity index (χ3n) is 9.26. The maximum atomic E-state index is 12.2. The molecule has 0 aliphatic heterocycles. The van der Waals surface area contributed by atoms with Crippen LogP contribution < -0.4 is 0 Å². The molecule has 0 aromatic heterocycles. The van der Waals surface area contributed by atoms with Crippen LogP contribution in [0.3, 0.4) is 0 Å². The van der Waals surface area contributed by atoms with E-state index in [0.29, 0.717) is 17.8 Å². The van der Waals surface area contributed by atoms with Crippen LogP contribution in [0.5, 0.6) is 0 Å². The van der Waals surface area contributed by atoms with E-state index in [1.54, 1.807) is 6.92 Å². The fraction of sp³-hybridized carbons (Fsp3) is 0.958. The minimum atomic E-state index is -0.407. The molecule has 0 amide bonds. The van der Waals surface area contributed by atoms with Gasteiger partial charge in [-0.1, -0.05) is 27.2 Å². The molecule has 0 saturated heterocycles. The number of esters is 1. The van der Waals surface area contributed by atoms with Crippen LogP contribution in [0.25, 0.3) is 0 Å². The first-order chi connectivity index (χ1) is 13.2. The SMILES string of the molecule is CCCCC1(OC(C)=O)CCC2C3CCC(O)C3(C)CCC2C1(C)CCCO. The fourth-order valence-electron chi connectivity index (χ4n) is 7.70. The summed E-state index contributed by atoms with van der Waals surface area (Å²) >= 11 is 0. The van der Waals surface area contributed by atoms with Gasteiger partial charge >= 0.3 is 5.97 Å². The summed E-state index contributed by atoms with van der Waals surface area (Å²) in [5.74, 6) is 1.52. The lowest BCUT2D eigenvalue weighted by molar-refractivity contribution is -0.219. The Kier molecular flexibility index (Phi) is 6.51. The largest absolute Gasteiger partial charge is 0.459 e. The highest BCUT2D eigenvalue weighted by molar-refractivity contribution is 5.66. The monoisotopic (exact) mass is 394 g/mol. The molecule has 3 saturated carbocycles. The Morgan fingerprint density at radius 3 is 2.43 bits per heavy atom. The van der Waals surface area contributed by atoms with Crippen molar-refractivity contribution >= 4 is 5.97 Å². The van der Waals surface area contributed by atoms with Crippen LogP contribution in [0.1, 0.15) is 98.3 Å². The van der Waals surface area contributed by atoms with Crippen LogP contribution in [0, 0.1) is 28.6 Å². The lowest BCUT2D eigenvalue weighted by atomic mass is 9.45. The van der Waals surface area contributed by atoms with E-state index in [1.165, 1.54) is 0 Å². The van der Waals surface area contributed by atoms with Gasteiger partial charge in [-0.05, 0) is 87.4 Å². The predicted molar refractivity (Wildman–Crippen MR) is 111 cm³/mol. The summed E-state index contributed by atoms with van der Waals surface area (Å²) in [6.45, 7) is 8.60. The van der Waals surface area contributed by atoms with Crippen molar-refractivity contribution in [2.24, 2.45) is 28.6 Å². The molecule has 3 rings (SSSR count). The average molecular weight is 395 g/mol. The Hall–Kier alpha value is -0.610. The number of aliphatic hydroxyl groups excluding tert-OH is 2. The van der Waals surface area contributed by atoms with Gasteiger partial charge in [-0.2, -0.15) is 0 Å². The molecule has 0 aromatic carbocycles. The summed E-state index contributed by atoms with van der Waals surface area (Å²) in [5, 5.41) is 20.3. The van der Waals surface area contributed by atoms with Crippen molar-refractivity contribution < 1.29 is 19.7 Å². The molecule has 3 fully saturated rings. The van der Waals surface area contributed by atoms with Gasteiger partial charge in [0.15, 0.2) is 0 Å². The van der Waals surface area contributed by atoms with Crippen LogP contribution in [0.4, 0.5) is 0 Å². The molecule has 0 aromatic rings. The molecule has 4 nitrogen and oxygen atoms in total. The first-order valence-corrected chi connectivity index (χ1v) is 11.7. The number of aliphatic hydroxyl groups is 2. The molecule has 4 heteroatoms. The Labute approximate surface area is 171 Å². The Balaban J connectivity index is 1.98. The van der Waals surface area contributed by atoms with E-state index < -0.39 is 5.60 Å². The predicted octanol–water partition coefficient (Wildman–Crippen LogP) is 4.85. The van der Waals surface area contributed by atoms with Gasteiger partial charge < -0.3 is 14.9 Å². The van der Waals surface area contributed by atoms with Crippen molar-refractivity contribution in [1.29, 1.82) is 0 Å². The molecule has 0 heterocycles. The molecule has 7 atom stereocenters. The molecule has 3 aliphatic rings. The Morgan fingerprint density at radius 2 is 1.79 bits per heavy atom.